The Bertz CT molecular complexity index is 680. The van der Waals surface area contributed by atoms with Crippen LogP contribution in [0.5, 0.6) is 0 Å². The highest BCUT2D eigenvalue weighted by atomic mass is 16.1. The fourth-order valence-corrected chi connectivity index (χ4v) is 2.14. The van der Waals surface area contributed by atoms with Gasteiger partial charge in [0.15, 0.2) is 0 Å². The molecule has 0 unspecified atom stereocenters. The van der Waals surface area contributed by atoms with Crippen molar-refractivity contribution >= 4 is 23.0 Å². The van der Waals surface area contributed by atoms with E-state index in [0.29, 0.717) is 11.3 Å². The molecular formula is C16H20N4O. The number of aryl methyl sites for hydroxylation is 2. The van der Waals surface area contributed by atoms with Crippen molar-refractivity contribution in [3.05, 3.63) is 47.3 Å². The minimum absolute atomic E-state index is 0.256. The summed E-state index contributed by atoms with van der Waals surface area (Å²) in [6.45, 7) is 3.87. The van der Waals surface area contributed by atoms with Crippen molar-refractivity contribution < 1.29 is 4.79 Å². The van der Waals surface area contributed by atoms with Crippen LogP contribution in [-0.4, -0.2) is 25.0 Å². The fourth-order valence-electron chi connectivity index (χ4n) is 2.14. The van der Waals surface area contributed by atoms with E-state index < -0.39 is 0 Å². The molecule has 0 radical (unpaired) electrons. The van der Waals surface area contributed by atoms with Gasteiger partial charge < -0.3 is 16.0 Å². The SMILES string of the molecule is Cc1cc(N)c(C(=O)Nc2ccc(C)c(N(C)C)c2)cn1. The Kier molecular flexibility index (Phi) is 4.12. The number of rotatable bonds is 3. The van der Waals surface area contributed by atoms with Crippen LogP contribution in [0.15, 0.2) is 30.5 Å². The zero-order valence-electron chi connectivity index (χ0n) is 12.8. The number of anilines is 3. The molecule has 2 rings (SSSR count). The lowest BCUT2D eigenvalue weighted by Crippen LogP contribution is -2.16. The Morgan fingerprint density at radius 3 is 2.57 bits per heavy atom. The summed E-state index contributed by atoms with van der Waals surface area (Å²) in [6, 6.07) is 7.47. The van der Waals surface area contributed by atoms with Crippen LogP contribution in [0.3, 0.4) is 0 Å². The molecule has 0 aliphatic carbocycles. The van der Waals surface area contributed by atoms with Crippen LogP contribution in [0.4, 0.5) is 17.1 Å². The third-order valence-corrected chi connectivity index (χ3v) is 3.27. The largest absolute Gasteiger partial charge is 0.398 e. The lowest BCUT2D eigenvalue weighted by atomic mass is 10.1. The second-order valence-corrected chi connectivity index (χ2v) is 5.26. The highest BCUT2D eigenvalue weighted by Gasteiger charge is 2.12. The minimum atomic E-state index is -0.256. The fraction of sp³-hybridized carbons (Fsp3) is 0.250. The number of hydrogen-bond donors (Lipinski definition) is 2. The minimum Gasteiger partial charge on any atom is -0.398 e. The number of carbonyl (C=O) groups is 1. The number of pyridine rings is 1. The third kappa shape index (κ3) is 3.31. The summed E-state index contributed by atoms with van der Waals surface area (Å²) in [7, 11) is 3.94. The number of benzene rings is 1. The number of amides is 1. The smallest absolute Gasteiger partial charge is 0.259 e. The summed E-state index contributed by atoms with van der Waals surface area (Å²) in [6.07, 6.45) is 1.50. The first-order chi connectivity index (χ1) is 9.88. The summed E-state index contributed by atoms with van der Waals surface area (Å²) < 4.78 is 0. The van der Waals surface area contributed by atoms with E-state index in [2.05, 4.69) is 10.3 Å². The molecule has 0 fully saturated rings. The number of nitrogens with zero attached hydrogens (tertiary/aromatic N) is 2. The van der Waals surface area contributed by atoms with Gasteiger partial charge in [-0.3, -0.25) is 9.78 Å². The van der Waals surface area contributed by atoms with E-state index in [-0.39, 0.29) is 5.91 Å². The molecule has 0 spiro atoms. The summed E-state index contributed by atoms with van der Waals surface area (Å²) in [5, 5.41) is 2.86. The van der Waals surface area contributed by atoms with Gasteiger partial charge in [0.25, 0.3) is 5.91 Å². The number of carbonyl (C=O) groups excluding carboxylic acids is 1. The molecular weight excluding hydrogens is 264 g/mol. The lowest BCUT2D eigenvalue weighted by molar-refractivity contribution is 0.102. The van der Waals surface area contributed by atoms with Crippen LogP contribution < -0.4 is 16.0 Å². The standard InChI is InChI=1S/C16H20N4O/c1-10-5-6-12(8-15(10)20(3)4)19-16(21)13-9-18-11(2)7-14(13)17/h5-9H,1-4H3,(H2,17,18)(H,19,21). The predicted octanol–water partition coefficient (Wildman–Crippen LogP) is 2.60. The molecule has 0 atom stereocenters. The second kappa shape index (κ2) is 5.83. The maximum Gasteiger partial charge on any atom is 0.259 e. The lowest BCUT2D eigenvalue weighted by Gasteiger charge is -2.17. The van der Waals surface area contributed by atoms with Crippen molar-refractivity contribution in [2.75, 3.05) is 30.0 Å². The number of nitrogen functional groups attached to an aromatic ring is 1. The summed E-state index contributed by atoms with van der Waals surface area (Å²) in [5.74, 6) is -0.256. The van der Waals surface area contributed by atoms with Gasteiger partial charge in [0.1, 0.15) is 0 Å². The molecule has 2 aromatic rings. The summed E-state index contributed by atoms with van der Waals surface area (Å²) in [5.41, 5.74) is 10.4. The third-order valence-electron chi connectivity index (χ3n) is 3.27. The van der Waals surface area contributed by atoms with E-state index in [1.54, 1.807) is 6.07 Å². The summed E-state index contributed by atoms with van der Waals surface area (Å²) >= 11 is 0. The molecule has 0 saturated heterocycles. The van der Waals surface area contributed by atoms with Gasteiger partial charge in [-0.1, -0.05) is 6.07 Å². The Morgan fingerprint density at radius 2 is 1.95 bits per heavy atom. The second-order valence-electron chi connectivity index (χ2n) is 5.26. The van der Waals surface area contributed by atoms with Gasteiger partial charge in [-0.25, -0.2) is 0 Å². The van der Waals surface area contributed by atoms with Crippen LogP contribution in [0.2, 0.25) is 0 Å². The zero-order chi connectivity index (χ0) is 15.6. The maximum absolute atomic E-state index is 12.3. The van der Waals surface area contributed by atoms with E-state index >= 15 is 0 Å². The van der Waals surface area contributed by atoms with Crippen LogP contribution in [0, 0.1) is 13.8 Å². The number of nitrogens with two attached hydrogens (primary N) is 1. The number of nitrogens with one attached hydrogen (secondary N) is 1. The molecule has 5 nitrogen and oxygen atoms in total. The first-order valence-corrected chi connectivity index (χ1v) is 6.70. The molecule has 110 valence electrons. The van der Waals surface area contributed by atoms with E-state index in [4.69, 9.17) is 5.73 Å². The maximum atomic E-state index is 12.3. The van der Waals surface area contributed by atoms with Crippen molar-refractivity contribution in [3.8, 4) is 0 Å². The van der Waals surface area contributed by atoms with Crippen molar-refractivity contribution in [1.29, 1.82) is 0 Å². The van der Waals surface area contributed by atoms with Crippen molar-refractivity contribution in [1.82, 2.24) is 4.98 Å². The molecule has 1 amide bonds. The average Bonchev–Trinajstić information content (AvgIpc) is 2.40. The van der Waals surface area contributed by atoms with Crippen LogP contribution >= 0.6 is 0 Å². The first kappa shape index (κ1) is 14.8. The molecule has 1 aromatic carbocycles. The molecule has 21 heavy (non-hydrogen) atoms. The van der Waals surface area contributed by atoms with Gasteiger partial charge in [-0.05, 0) is 37.6 Å². The van der Waals surface area contributed by atoms with E-state index in [1.165, 1.54) is 6.20 Å². The van der Waals surface area contributed by atoms with Crippen molar-refractivity contribution in [2.45, 2.75) is 13.8 Å². The highest BCUT2D eigenvalue weighted by molar-refractivity contribution is 6.07. The van der Waals surface area contributed by atoms with Gasteiger partial charge in [-0.15, -0.1) is 0 Å². The van der Waals surface area contributed by atoms with Crippen LogP contribution in [0.1, 0.15) is 21.6 Å². The van der Waals surface area contributed by atoms with E-state index in [9.17, 15) is 4.79 Å². The van der Waals surface area contributed by atoms with E-state index in [0.717, 1.165) is 22.6 Å². The molecule has 0 saturated carbocycles. The topological polar surface area (TPSA) is 71.2 Å². The molecule has 0 aliphatic heterocycles. The Labute approximate surface area is 124 Å². The molecule has 3 N–H and O–H groups in total. The molecule has 0 aliphatic rings. The molecule has 1 aromatic heterocycles. The van der Waals surface area contributed by atoms with Crippen molar-refractivity contribution in [2.24, 2.45) is 0 Å². The Hall–Kier alpha value is -2.56. The molecule has 0 bridgehead atoms. The Morgan fingerprint density at radius 1 is 1.24 bits per heavy atom. The quantitative estimate of drug-likeness (QED) is 0.908. The normalized spacial score (nSPS) is 10.3. The van der Waals surface area contributed by atoms with Gasteiger partial charge in [0.2, 0.25) is 0 Å². The van der Waals surface area contributed by atoms with Crippen molar-refractivity contribution in [3.63, 3.8) is 0 Å². The van der Waals surface area contributed by atoms with E-state index in [1.807, 2.05) is 51.0 Å². The molecule has 5 heteroatoms. The molecule has 1 heterocycles. The van der Waals surface area contributed by atoms with Gasteiger partial charge in [-0.2, -0.15) is 0 Å². The number of hydrogen-bond acceptors (Lipinski definition) is 4. The highest BCUT2D eigenvalue weighted by Crippen LogP contribution is 2.23. The monoisotopic (exact) mass is 284 g/mol. The van der Waals surface area contributed by atoms with Gasteiger partial charge in [0, 0.05) is 43.0 Å². The first-order valence-electron chi connectivity index (χ1n) is 6.70. The van der Waals surface area contributed by atoms with Gasteiger partial charge in [0.05, 0.1) is 5.56 Å². The summed E-state index contributed by atoms with van der Waals surface area (Å²) in [4.78, 5) is 18.4. The zero-order valence-corrected chi connectivity index (χ0v) is 12.8. The predicted molar refractivity (Wildman–Crippen MR) is 86.8 cm³/mol. The number of aromatic nitrogens is 1. The average molecular weight is 284 g/mol. The van der Waals surface area contributed by atoms with Gasteiger partial charge >= 0.3 is 0 Å². The Balaban J connectivity index is 2.25. The van der Waals surface area contributed by atoms with Crippen LogP contribution in [-0.2, 0) is 0 Å². The van der Waals surface area contributed by atoms with Crippen LogP contribution in [0.25, 0.3) is 0 Å².